The number of hydrogen-bond acceptors (Lipinski definition) is 4. The number of rotatable bonds is 8. The Morgan fingerprint density at radius 1 is 1.33 bits per heavy atom. The zero-order valence-corrected chi connectivity index (χ0v) is 14.8. The Labute approximate surface area is 144 Å². The van der Waals surface area contributed by atoms with Crippen molar-refractivity contribution < 1.29 is 19.8 Å². The van der Waals surface area contributed by atoms with Gasteiger partial charge in [0.2, 0.25) is 0 Å². The van der Waals surface area contributed by atoms with Gasteiger partial charge in [0.1, 0.15) is 0 Å². The van der Waals surface area contributed by atoms with Crippen LogP contribution in [0, 0.1) is 5.41 Å². The molecule has 0 spiro atoms. The summed E-state index contributed by atoms with van der Waals surface area (Å²) in [5.74, 6) is -0.808. The molecule has 2 aliphatic rings. The van der Waals surface area contributed by atoms with Crippen molar-refractivity contribution in [3.63, 3.8) is 0 Å². The van der Waals surface area contributed by atoms with Crippen LogP contribution in [0.1, 0.15) is 46.0 Å². The topological polar surface area (TPSA) is 93.1 Å². The number of carboxylic acids is 1. The van der Waals surface area contributed by atoms with E-state index in [0.717, 1.165) is 32.1 Å². The summed E-state index contributed by atoms with van der Waals surface area (Å²) >= 11 is 0. The van der Waals surface area contributed by atoms with Crippen molar-refractivity contribution in [2.45, 2.75) is 58.0 Å². The van der Waals surface area contributed by atoms with Crippen LogP contribution in [-0.4, -0.2) is 76.9 Å². The number of aliphatic carboxylic acids is 1. The summed E-state index contributed by atoms with van der Waals surface area (Å²) < 4.78 is 0. The first-order valence-corrected chi connectivity index (χ1v) is 9.05. The van der Waals surface area contributed by atoms with Gasteiger partial charge >= 0.3 is 12.0 Å². The van der Waals surface area contributed by atoms with E-state index in [0.29, 0.717) is 19.6 Å². The third kappa shape index (κ3) is 4.39. The third-order valence-electron chi connectivity index (χ3n) is 5.54. The number of urea groups is 1. The van der Waals surface area contributed by atoms with Crippen molar-refractivity contribution in [1.82, 2.24) is 15.1 Å². The molecule has 1 atom stereocenters. The van der Waals surface area contributed by atoms with Crippen LogP contribution in [0.2, 0.25) is 0 Å². The summed E-state index contributed by atoms with van der Waals surface area (Å²) in [6.45, 7) is 6.29. The second-order valence-electron chi connectivity index (χ2n) is 7.31. The van der Waals surface area contributed by atoms with Gasteiger partial charge in [0.05, 0.1) is 13.2 Å². The van der Waals surface area contributed by atoms with E-state index < -0.39 is 5.97 Å². The van der Waals surface area contributed by atoms with Crippen molar-refractivity contribution in [1.29, 1.82) is 0 Å². The number of hydrogen-bond donors (Lipinski definition) is 3. The summed E-state index contributed by atoms with van der Waals surface area (Å²) in [7, 11) is 0. The van der Waals surface area contributed by atoms with E-state index in [-0.39, 0.29) is 36.7 Å². The summed E-state index contributed by atoms with van der Waals surface area (Å²) in [5.41, 5.74) is -0.130. The Bertz CT molecular complexity index is 453. The summed E-state index contributed by atoms with van der Waals surface area (Å²) in [4.78, 5) is 27.0. The predicted octanol–water partition coefficient (Wildman–Crippen LogP) is 1.12. The average molecular weight is 341 g/mol. The van der Waals surface area contributed by atoms with Crippen LogP contribution >= 0.6 is 0 Å². The molecule has 0 bridgehead atoms. The number of carbonyl (C=O) groups is 2. The minimum absolute atomic E-state index is 0.0499. The molecule has 7 nitrogen and oxygen atoms in total. The third-order valence-corrected chi connectivity index (χ3v) is 5.54. The zero-order chi connectivity index (χ0) is 17.7. The highest BCUT2D eigenvalue weighted by Crippen LogP contribution is 2.35. The maximum absolute atomic E-state index is 12.4. The van der Waals surface area contributed by atoms with Gasteiger partial charge in [-0.2, -0.15) is 0 Å². The van der Waals surface area contributed by atoms with Gasteiger partial charge in [0, 0.05) is 30.6 Å². The van der Waals surface area contributed by atoms with Gasteiger partial charge in [-0.25, -0.2) is 4.79 Å². The highest BCUT2D eigenvalue weighted by molar-refractivity contribution is 5.75. The highest BCUT2D eigenvalue weighted by atomic mass is 16.4. The average Bonchev–Trinajstić information content (AvgIpc) is 2.93. The largest absolute Gasteiger partial charge is 0.480 e. The van der Waals surface area contributed by atoms with Crippen molar-refractivity contribution >= 4 is 12.0 Å². The lowest BCUT2D eigenvalue weighted by atomic mass is 9.83. The molecule has 1 saturated carbocycles. The minimum atomic E-state index is -0.808. The lowest BCUT2D eigenvalue weighted by Crippen LogP contribution is -2.56. The standard InChI is InChI=1S/C17H31N3O4/c1-3-5-17(12-21)6-7-20(11-17)16(24)18-13-8-14(9-13)19(4-2)10-15(22)23/h13-14,21H,3-12H2,1-2H3,(H,18,24)(H,22,23). The fourth-order valence-corrected chi connectivity index (χ4v) is 3.99. The number of likely N-dealkylation sites (tertiary alicyclic amines) is 1. The molecule has 2 fully saturated rings. The highest BCUT2D eigenvalue weighted by Gasteiger charge is 2.40. The molecule has 0 aromatic carbocycles. The van der Waals surface area contributed by atoms with Gasteiger partial charge in [-0.1, -0.05) is 20.3 Å². The molecule has 1 aliphatic heterocycles. The van der Waals surface area contributed by atoms with E-state index in [9.17, 15) is 14.7 Å². The molecule has 2 amide bonds. The second-order valence-corrected chi connectivity index (χ2v) is 7.31. The molecule has 3 N–H and O–H groups in total. The maximum Gasteiger partial charge on any atom is 0.317 e. The number of aliphatic hydroxyl groups is 1. The SMILES string of the molecule is CCCC1(CO)CCN(C(=O)NC2CC(N(CC)CC(=O)O)C2)C1. The first-order chi connectivity index (χ1) is 11.4. The Balaban J connectivity index is 1.76. The van der Waals surface area contributed by atoms with Crippen molar-refractivity contribution in [2.75, 3.05) is 32.8 Å². The fraction of sp³-hybridized carbons (Fsp3) is 0.882. The van der Waals surface area contributed by atoms with Crippen LogP contribution in [-0.2, 0) is 4.79 Å². The van der Waals surface area contributed by atoms with Gasteiger partial charge in [-0.3, -0.25) is 9.69 Å². The van der Waals surface area contributed by atoms with Gasteiger partial charge in [-0.05, 0) is 32.2 Å². The van der Waals surface area contributed by atoms with Gasteiger partial charge in [-0.15, -0.1) is 0 Å². The number of likely N-dealkylation sites (N-methyl/N-ethyl adjacent to an activating group) is 1. The van der Waals surface area contributed by atoms with E-state index in [1.54, 1.807) is 0 Å². The number of carbonyl (C=O) groups excluding carboxylic acids is 1. The molecule has 0 radical (unpaired) electrons. The zero-order valence-electron chi connectivity index (χ0n) is 14.8. The maximum atomic E-state index is 12.4. The number of nitrogens with zero attached hydrogens (tertiary/aromatic N) is 2. The molecule has 1 heterocycles. The smallest absolute Gasteiger partial charge is 0.317 e. The molecule has 2 rings (SSSR count). The molecule has 0 aromatic heterocycles. The van der Waals surface area contributed by atoms with E-state index in [2.05, 4.69) is 12.2 Å². The number of carboxylic acid groups (broad SMARTS) is 1. The van der Waals surface area contributed by atoms with Crippen molar-refractivity contribution in [3.05, 3.63) is 0 Å². The Hall–Kier alpha value is -1.34. The monoisotopic (exact) mass is 341 g/mol. The Morgan fingerprint density at radius 2 is 2.04 bits per heavy atom. The molecule has 0 aromatic rings. The number of amides is 2. The first kappa shape index (κ1) is 19.0. The molecule has 1 saturated heterocycles. The van der Waals surface area contributed by atoms with Crippen LogP contribution < -0.4 is 5.32 Å². The van der Waals surface area contributed by atoms with E-state index in [4.69, 9.17) is 5.11 Å². The molecule has 1 unspecified atom stereocenters. The quantitative estimate of drug-likeness (QED) is 0.615. The fourth-order valence-electron chi connectivity index (χ4n) is 3.99. The predicted molar refractivity (Wildman–Crippen MR) is 90.8 cm³/mol. The Kier molecular flexibility index (Phi) is 6.46. The first-order valence-electron chi connectivity index (χ1n) is 9.05. The number of aliphatic hydroxyl groups excluding tert-OH is 1. The second kappa shape index (κ2) is 8.16. The van der Waals surface area contributed by atoms with Gasteiger partial charge in [0.25, 0.3) is 0 Å². The summed E-state index contributed by atoms with van der Waals surface area (Å²) in [6, 6.07) is 0.318. The van der Waals surface area contributed by atoms with Crippen LogP contribution in [0.15, 0.2) is 0 Å². The van der Waals surface area contributed by atoms with E-state index in [1.807, 2.05) is 16.7 Å². The molecule has 7 heteroatoms. The van der Waals surface area contributed by atoms with Gasteiger partial charge in [0.15, 0.2) is 0 Å². The lowest BCUT2D eigenvalue weighted by molar-refractivity contribution is -0.139. The van der Waals surface area contributed by atoms with E-state index in [1.165, 1.54) is 0 Å². The van der Waals surface area contributed by atoms with Crippen molar-refractivity contribution in [2.24, 2.45) is 5.41 Å². The summed E-state index contributed by atoms with van der Waals surface area (Å²) in [5, 5.41) is 21.6. The lowest BCUT2D eigenvalue weighted by Gasteiger charge is -2.42. The molecule has 138 valence electrons. The van der Waals surface area contributed by atoms with E-state index >= 15 is 0 Å². The molecule has 24 heavy (non-hydrogen) atoms. The van der Waals surface area contributed by atoms with Crippen LogP contribution in [0.4, 0.5) is 4.79 Å². The molecular formula is C17H31N3O4. The Morgan fingerprint density at radius 3 is 2.58 bits per heavy atom. The van der Waals surface area contributed by atoms with Crippen LogP contribution in [0.3, 0.4) is 0 Å². The molecule has 1 aliphatic carbocycles. The number of nitrogens with one attached hydrogen (secondary N) is 1. The van der Waals surface area contributed by atoms with Gasteiger partial charge < -0.3 is 20.4 Å². The summed E-state index contributed by atoms with van der Waals surface area (Å²) in [6.07, 6.45) is 4.43. The van der Waals surface area contributed by atoms with Crippen molar-refractivity contribution in [3.8, 4) is 0 Å². The normalized spacial score (nSPS) is 29.6. The minimum Gasteiger partial charge on any atom is -0.480 e. The van der Waals surface area contributed by atoms with Crippen LogP contribution in [0.25, 0.3) is 0 Å². The van der Waals surface area contributed by atoms with Crippen LogP contribution in [0.5, 0.6) is 0 Å². The molecular weight excluding hydrogens is 310 g/mol.